The number of hydrogen-bond acceptors (Lipinski definition) is 5. The molecule has 0 bridgehead atoms. The highest BCUT2D eigenvalue weighted by Crippen LogP contribution is 2.21. The molecule has 0 unspecified atom stereocenters. The molecule has 7 heteroatoms. The number of hydrogen-bond donors (Lipinski definition) is 2. The lowest BCUT2D eigenvalue weighted by Gasteiger charge is -2.07. The number of aromatic nitrogens is 3. The minimum absolute atomic E-state index is 0.0523. The highest BCUT2D eigenvalue weighted by molar-refractivity contribution is 5.92. The number of benzene rings is 1. The predicted octanol–water partition coefficient (Wildman–Crippen LogP) is 0.652. The Bertz CT molecular complexity index is 568. The first kappa shape index (κ1) is 14.2. The molecule has 0 saturated carbocycles. The van der Waals surface area contributed by atoms with E-state index in [1.807, 2.05) is 18.2 Å². The van der Waals surface area contributed by atoms with Gasteiger partial charge in [-0.1, -0.05) is 35.5 Å². The second-order valence-electron chi connectivity index (χ2n) is 4.02. The molecule has 0 aliphatic heterocycles. The molecule has 1 aromatic carbocycles. The summed E-state index contributed by atoms with van der Waals surface area (Å²) in [7, 11) is 0. The smallest absolute Gasteiger partial charge is 0.358 e. The lowest BCUT2D eigenvalue weighted by atomic mass is 10.1. The molecule has 0 spiro atoms. The molecule has 0 radical (unpaired) electrons. The number of aromatic carboxylic acids is 1. The van der Waals surface area contributed by atoms with Gasteiger partial charge in [-0.05, 0) is 0 Å². The average molecular weight is 277 g/mol. The number of carboxylic acid groups (broad SMARTS) is 1. The lowest BCUT2D eigenvalue weighted by Crippen LogP contribution is -2.11. The Labute approximate surface area is 115 Å². The molecule has 2 N–H and O–H groups in total. The zero-order chi connectivity index (χ0) is 14.4. The van der Waals surface area contributed by atoms with Crippen LogP contribution in [0.3, 0.4) is 0 Å². The highest BCUT2D eigenvalue weighted by Gasteiger charge is 2.20. The molecule has 0 aliphatic rings. The Hall–Kier alpha value is -2.25. The van der Waals surface area contributed by atoms with Crippen molar-refractivity contribution in [3.8, 4) is 11.3 Å². The summed E-state index contributed by atoms with van der Waals surface area (Å²) >= 11 is 0. The van der Waals surface area contributed by atoms with Crippen LogP contribution in [0, 0.1) is 0 Å². The average Bonchev–Trinajstić information content (AvgIpc) is 2.88. The minimum atomic E-state index is -1.12. The molecule has 2 rings (SSSR count). The van der Waals surface area contributed by atoms with Crippen molar-refractivity contribution in [2.45, 2.75) is 6.54 Å². The van der Waals surface area contributed by atoms with Crippen LogP contribution in [-0.2, 0) is 11.3 Å². The van der Waals surface area contributed by atoms with Crippen LogP contribution in [0.25, 0.3) is 11.3 Å². The van der Waals surface area contributed by atoms with Gasteiger partial charge >= 0.3 is 5.97 Å². The maximum atomic E-state index is 11.2. The number of aliphatic hydroxyl groups is 1. The fourth-order valence-corrected chi connectivity index (χ4v) is 1.81. The summed E-state index contributed by atoms with van der Waals surface area (Å²) in [5.74, 6) is -1.12. The van der Waals surface area contributed by atoms with Gasteiger partial charge in [0.25, 0.3) is 0 Å². The van der Waals surface area contributed by atoms with Crippen molar-refractivity contribution in [3.05, 3.63) is 36.0 Å². The molecule has 7 nitrogen and oxygen atoms in total. The lowest BCUT2D eigenvalue weighted by molar-refractivity contribution is 0.0691. The van der Waals surface area contributed by atoms with E-state index in [4.69, 9.17) is 14.9 Å². The van der Waals surface area contributed by atoms with Gasteiger partial charge in [-0.2, -0.15) is 0 Å². The number of nitrogens with zero attached hydrogens (tertiary/aromatic N) is 3. The van der Waals surface area contributed by atoms with Crippen LogP contribution in [0.4, 0.5) is 0 Å². The number of carbonyl (C=O) groups is 1. The fourth-order valence-electron chi connectivity index (χ4n) is 1.81. The van der Waals surface area contributed by atoms with Crippen LogP contribution in [-0.4, -0.2) is 51.0 Å². The zero-order valence-electron chi connectivity index (χ0n) is 10.8. The van der Waals surface area contributed by atoms with E-state index in [-0.39, 0.29) is 18.9 Å². The normalized spacial score (nSPS) is 10.7. The number of ether oxygens (including phenoxy) is 1. The SMILES string of the molecule is O=C(O)c1nnn(CCOCCO)c1-c1ccccc1. The summed E-state index contributed by atoms with van der Waals surface area (Å²) in [6, 6.07) is 9.09. The van der Waals surface area contributed by atoms with Crippen molar-refractivity contribution in [2.75, 3.05) is 19.8 Å². The van der Waals surface area contributed by atoms with Gasteiger partial charge in [0.1, 0.15) is 5.69 Å². The second-order valence-corrected chi connectivity index (χ2v) is 4.02. The summed E-state index contributed by atoms with van der Waals surface area (Å²) in [5.41, 5.74) is 1.10. The van der Waals surface area contributed by atoms with E-state index in [2.05, 4.69) is 10.3 Å². The van der Waals surface area contributed by atoms with Gasteiger partial charge in [0.2, 0.25) is 0 Å². The van der Waals surface area contributed by atoms with E-state index in [1.54, 1.807) is 12.1 Å². The quantitative estimate of drug-likeness (QED) is 0.721. The van der Waals surface area contributed by atoms with Crippen LogP contribution in [0.2, 0.25) is 0 Å². The van der Waals surface area contributed by atoms with Crippen molar-refractivity contribution in [1.82, 2.24) is 15.0 Å². The first-order valence-electron chi connectivity index (χ1n) is 6.15. The number of carboxylic acids is 1. The molecule has 1 aromatic heterocycles. The van der Waals surface area contributed by atoms with Gasteiger partial charge in [-0.3, -0.25) is 0 Å². The van der Waals surface area contributed by atoms with Crippen LogP contribution in [0.15, 0.2) is 30.3 Å². The maximum absolute atomic E-state index is 11.2. The summed E-state index contributed by atoms with van der Waals surface area (Å²) in [4.78, 5) is 11.2. The third kappa shape index (κ3) is 3.19. The summed E-state index contributed by atoms with van der Waals surface area (Å²) in [6.07, 6.45) is 0. The standard InChI is InChI=1S/C13H15N3O4/c17-7-9-20-8-6-16-12(10-4-2-1-3-5-10)11(13(18)19)14-15-16/h1-5,17H,6-9H2,(H,18,19). The van der Waals surface area contributed by atoms with Crippen molar-refractivity contribution < 1.29 is 19.7 Å². The third-order valence-corrected chi connectivity index (χ3v) is 2.67. The molecular formula is C13H15N3O4. The molecule has 0 atom stereocenters. The molecule has 0 amide bonds. The molecule has 0 fully saturated rings. The Kier molecular flexibility index (Phi) is 4.80. The monoisotopic (exact) mass is 277 g/mol. The second kappa shape index (κ2) is 6.78. The molecular weight excluding hydrogens is 262 g/mol. The van der Waals surface area contributed by atoms with E-state index in [1.165, 1.54) is 4.68 Å². The van der Waals surface area contributed by atoms with Crippen molar-refractivity contribution >= 4 is 5.97 Å². The predicted molar refractivity (Wildman–Crippen MR) is 70.3 cm³/mol. The van der Waals surface area contributed by atoms with Gasteiger partial charge in [0, 0.05) is 5.56 Å². The first-order valence-corrected chi connectivity index (χ1v) is 6.15. The molecule has 1 heterocycles. The van der Waals surface area contributed by atoms with Crippen molar-refractivity contribution in [2.24, 2.45) is 0 Å². The van der Waals surface area contributed by atoms with Gasteiger partial charge in [0.15, 0.2) is 5.69 Å². The minimum Gasteiger partial charge on any atom is -0.476 e. The summed E-state index contributed by atoms with van der Waals surface area (Å²) < 4.78 is 6.66. The Morgan fingerprint density at radius 3 is 2.65 bits per heavy atom. The summed E-state index contributed by atoms with van der Waals surface area (Å²) in [6.45, 7) is 0.873. The van der Waals surface area contributed by atoms with E-state index >= 15 is 0 Å². The fraction of sp³-hybridized carbons (Fsp3) is 0.308. The van der Waals surface area contributed by atoms with E-state index in [0.717, 1.165) is 5.56 Å². The Morgan fingerprint density at radius 1 is 1.25 bits per heavy atom. The molecule has 2 aromatic rings. The van der Waals surface area contributed by atoms with Crippen LogP contribution in [0.1, 0.15) is 10.5 Å². The summed E-state index contributed by atoms with van der Waals surface area (Å²) in [5, 5.41) is 25.4. The molecule has 0 saturated heterocycles. The van der Waals surface area contributed by atoms with Gasteiger partial charge in [0.05, 0.1) is 26.4 Å². The van der Waals surface area contributed by atoms with E-state index in [0.29, 0.717) is 18.8 Å². The third-order valence-electron chi connectivity index (χ3n) is 2.67. The van der Waals surface area contributed by atoms with E-state index < -0.39 is 5.97 Å². The van der Waals surface area contributed by atoms with Crippen molar-refractivity contribution in [1.29, 1.82) is 0 Å². The van der Waals surface area contributed by atoms with E-state index in [9.17, 15) is 4.79 Å². The zero-order valence-corrected chi connectivity index (χ0v) is 10.8. The Balaban J connectivity index is 2.26. The highest BCUT2D eigenvalue weighted by atomic mass is 16.5. The molecule has 20 heavy (non-hydrogen) atoms. The van der Waals surface area contributed by atoms with Crippen LogP contribution in [0.5, 0.6) is 0 Å². The first-order chi connectivity index (χ1) is 9.74. The van der Waals surface area contributed by atoms with Crippen LogP contribution >= 0.6 is 0 Å². The van der Waals surface area contributed by atoms with Gasteiger partial charge < -0.3 is 14.9 Å². The molecule has 0 aliphatic carbocycles. The van der Waals surface area contributed by atoms with Gasteiger partial charge in [-0.15, -0.1) is 5.10 Å². The van der Waals surface area contributed by atoms with Crippen molar-refractivity contribution in [3.63, 3.8) is 0 Å². The largest absolute Gasteiger partial charge is 0.476 e. The number of rotatable bonds is 7. The maximum Gasteiger partial charge on any atom is 0.358 e. The number of aliphatic hydroxyl groups excluding tert-OH is 1. The van der Waals surface area contributed by atoms with Gasteiger partial charge in [-0.25, -0.2) is 9.48 Å². The van der Waals surface area contributed by atoms with Crippen LogP contribution < -0.4 is 0 Å². The Morgan fingerprint density at radius 2 is 2.00 bits per heavy atom. The molecule has 106 valence electrons. The topological polar surface area (TPSA) is 97.5 Å².